The zero-order chi connectivity index (χ0) is 36.9. The number of benzene rings is 9. The molecule has 0 radical (unpaired) electrons. The first kappa shape index (κ1) is 32.7. The third-order valence-electron chi connectivity index (χ3n) is 11.4. The van der Waals surface area contributed by atoms with Crippen molar-refractivity contribution in [3.63, 3.8) is 0 Å². The van der Waals surface area contributed by atoms with Crippen molar-refractivity contribution >= 4 is 55.7 Å². The van der Waals surface area contributed by atoms with Crippen LogP contribution in [0.1, 0.15) is 25.0 Å². The van der Waals surface area contributed by atoms with Gasteiger partial charge in [-0.05, 0) is 116 Å². The molecule has 0 saturated heterocycles. The minimum atomic E-state index is -0.0852. The largest absolute Gasteiger partial charge is 0.310 e. The number of para-hydroxylation sites is 2. The smallest absolute Gasteiger partial charge is 0.0546 e. The summed E-state index contributed by atoms with van der Waals surface area (Å²) in [5.74, 6) is 0. The fourth-order valence-electron chi connectivity index (χ4n) is 8.74. The molecule has 55 heavy (non-hydrogen) atoms. The predicted octanol–water partition coefficient (Wildman–Crippen LogP) is 14.9. The summed E-state index contributed by atoms with van der Waals surface area (Å²) in [6.07, 6.45) is 0. The lowest BCUT2D eigenvalue weighted by atomic mass is 9.82. The van der Waals surface area contributed by atoms with Gasteiger partial charge < -0.3 is 9.80 Å². The summed E-state index contributed by atoms with van der Waals surface area (Å²) in [7, 11) is 0. The monoisotopic (exact) mass is 704 g/mol. The maximum atomic E-state index is 2.48. The van der Waals surface area contributed by atoms with Gasteiger partial charge in [0.15, 0.2) is 0 Å². The molecule has 2 nitrogen and oxygen atoms in total. The van der Waals surface area contributed by atoms with Crippen LogP contribution in [-0.2, 0) is 5.41 Å². The first-order chi connectivity index (χ1) is 27.0. The van der Waals surface area contributed by atoms with Crippen LogP contribution < -0.4 is 9.80 Å². The molecule has 0 N–H and O–H groups in total. The van der Waals surface area contributed by atoms with Gasteiger partial charge in [0.2, 0.25) is 0 Å². The molecule has 2 heteroatoms. The Morgan fingerprint density at radius 1 is 0.309 bits per heavy atom. The van der Waals surface area contributed by atoms with Crippen molar-refractivity contribution < 1.29 is 0 Å². The zero-order valence-electron chi connectivity index (χ0n) is 31.0. The number of hydrogen-bond acceptors (Lipinski definition) is 2. The van der Waals surface area contributed by atoms with Crippen LogP contribution in [0.25, 0.3) is 43.8 Å². The maximum absolute atomic E-state index is 2.48. The molecular formula is C53H40N2. The number of fused-ring (bicyclic) bond motifs is 5. The van der Waals surface area contributed by atoms with Gasteiger partial charge in [-0.25, -0.2) is 0 Å². The number of hydrogen-bond donors (Lipinski definition) is 0. The fraction of sp³-hybridized carbons (Fsp3) is 0.0566. The van der Waals surface area contributed by atoms with Crippen LogP contribution in [0.5, 0.6) is 0 Å². The highest BCUT2D eigenvalue weighted by Gasteiger charge is 2.35. The van der Waals surface area contributed by atoms with Crippen molar-refractivity contribution in [2.45, 2.75) is 19.3 Å². The highest BCUT2D eigenvalue weighted by atomic mass is 15.2. The molecule has 0 amide bonds. The van der Waals surface area contributed by atoms with Gasteiger partial charge in [-0.15, -0.1) is 0 Å². The summed E-state index contributed by atoms with van der Waals surface area (Å²) >= 11 is 0. The lowest BCUT2D eigenvalue weighted by Gasteiger charge is -2.31. The van der Waals surface area contributed by atoms with Crippen LogP contribution >= 0.6 is 0 Å². The van der Waals surface area contributed by atoms with Gasteiger partial charge in [0.25, 0.3) is 0 Å². The summed E-state index contributed by atoms with van der Waals surface area (Å²) in [5.41, 5.74) is 14.3. The van der Waals surface area contributed by atoms with E-state index in [-0.39, 0.29) is 5.41 Å². The Bertz CT molecular complexity index is 2810. The zero-order valence-corrected chi connectivity index (χ0v) is 31.0. The molecule has 0 fully saturated rings. The molecule has 0 unspecified atom stereocenters. The summed E-state index contributed by atoms with van der Waals surface area (Å²) in [6, 6.07) is 75.2. The van der Waals surface area contributed by atoms with Crippen LogP contribution in [-0.4, -0.2) is 0 Å². The topological polar surface area (TPSA) is 6.48 Å². The van der Waals surface area contributed by atoms with E-state index in [2.05, 4.69) is 230 Å². The second kappa shape index (κ2) is 13.2. The molecule has 0 bridgehead atoms. The van der Waals surface area contributed by atoms with Gasteiger partial charge in [0, 0.05) is 39.4 Å². The minimum absolute atomic E-state index is 0.0852. The summed E-state index contributed by atoms with van der Waals surface area (Å²) in [6.45, 7) is 4.70. The Balaban J connectivity index is 1.26. The van der Waals surface area contributed by atoms with Crippen LogP contribution in [0.15, 0.2) is 206 Å². The van der Waals surface area contributed by atoms with Gasteiger partial charge in [-0.2, -0.15) is 0 Å². The predicted molar refractivity (Wildman–Crippen MR) is 234 cm³/mol. The highest BCUT2D eigenvalue weighted by Crippen LogP contribution is 2.52. The Hall–Kier alpha value is -6.90. The SMILES string of the molecule is CC1(C)c2ccccc2-c2cc(N(c3cccc(N(c4ccccc4)c4ccccc4)c3)c3cc4ccccc4cc3-c3cccc4ccccc34)ccc21. The van der Waals surface area contributed by atoms with E-state index >= 15 is 0 Å². The van der Waals surface area contributed by atoms with Crippen molar-refractivity contribution in [3.8, 4) is 22.3 Å². The van der Waals surface area contributed by atoms with Gasteiger partial charge in [-0.1, -0.05) is 153 Å². The Labute approximate surface area is 323 Å². The third-order valence-corrected chi connectivity index (χ3v) is 11.4. The Kier molecular flexibility index (Phi) is 7.85. The molecule has 0 saturated carbocycles. The fourth-order valence-corrected chi connectivity index (χ4v) is 8.74. The molecule has 9 aromatic carbocycles. The molecule has 1 aliphatic rings. The maximum Gasteiger partial charge on any atom is 0.0546 e. The van der Waals surface area contributed by atoms with Crippen LogP contribution in [0.2, 0.25) is 0 Å². The summed E-state index contributed by atoms with van der Waals surface area (Å²) in [4.78, 5) is 4.82. The van der Waals surface area contributed by atoms with Gasteiger partial charge in [0.1, 0.15) is 0 Å². The van der Waals surface area contributed by atoms with E-state index in [1.54, 1.807) is 0 Å². The van der Waals surface area contributed by atoms with Crippen molar-refractivity contribution in [1.82, 2.24) is 0 Å². The van der Waals surface area contributed by atoms with Crippen molar-refractivity contribution in [2.75, 3.05) is 9.80 Å². The first-order valence-electron chi connectivity index (χ1n) is 19.1. The van der Waals surface area contributed by atoms with Gasteiger partial charge in [0.05, 0.1) is 5.69 Å². The first-order valence-corrected chi connectivity index (χ1v) is 19.1. The Morgan fingerprint density at radius 3 is 1.56 bits per heavy atom. The van der Waals surface area contributed by atoms with Gasteiger partial charge in [-0.3, -0.25) is 0 Å². The number of nitrogens with zero attached hydrogens (tertiary/aromatic N) is 2. The van der Waals surface area contributed by atoms with Gasteiger partial charge >= 0.3 is 0 Å². The van der Waals surface area contributed by atoms with E-state index in [0.29, 0.717) is 0 Å². The van der Waals surface area contributed by atoms with E-state index in [9.17, 15) is 0 Å². The second-order valence-electron chi connectivity index (χ2n) is 15.0. The van der Waals surface area contributed by atoms with Crippen LogP contribution in [0, 0.1) is 0 Å². The number of anilines is 6. The third kappa shape index (κ3) is 5.57. The lowest BCUT2D eigenvalue weighted by molar-refractivity contribution is 0.660. The molecule has 0 heterocycles. The average Bonchev–Trinajstić information content (AvgIpc) is 3.47. The molecule has 10 rings (SSSR count). The summed E-state index contributed by atoms with van der Waals surface area (Å²) < 4.78 is 0. The number of rotatable bonds is 7. The average molecular weight is 705 g/mol. The molecule has 9 aromatic rings. The quantitative estimate of drug-likeness (QED) is 0.163. The van der Waals surface area contributed by atoms with E-state index in [0.717, 1.165) is 34.1 Å². The van der Waals surface area contributed by atoms with Crippen LogP contribution in [0.3, 0.4) is 0 Å². The van der Waals surface area contributed by atoms with Crippen LogP contribution in [0.4, 0.5) is 34.1 Å². The van der Waals surface area contributed by atoms with E-state index in [1.165, 1.54) is 54.9 Å². The second-order valence-corrected chi connectivity index (χ2v) is 15.0. The minimum Gasteiger partial charge on any atom is -0.310 e. The molecule has 1 aliphatic carbocycles. The molecule has 0 aliphatic heterocycles. The van der Waals surface area contributed by atoms with E-state index < -0.39 is 0 Å². The molecule has 0 atom stereocenters. The lowest BCUT2D eigenvalue weighted by Crippen LogP contribution is -2.16. The molecule has 262 valence electrons. The van der Waals surface area contributed by atoms with E-state index in [4.69, 9.17) is 0 Å². The molecular weight excluding hydrogens is 665 g/mol. The normalized spacial score (nSPS) is 12.7. The summed E-state index contributed by atoms with van der Waals surface area (Å²) in [5, 5.41) is 4.88. The van der Waals surface area contributed by atoms with Crippen molar-refractivity contribution in [1.29, 1.82) is 0 Å². The molecule has 0 aromatic heterocycles. The standard InChI is InChI=1S/C53H40N2/c1-53(2)50-30-14-13-28-47(50)48-36-44(31-32-51(48)53)55(43-26-16-25-42(35-43)54(40-21-5-3-6-22-40)41-23-7-4-8-24-41)52-34-39-19-10-9-18-38(39)33-49(52)46-29-15-20-37-17-11-12-27-45(37)46/h3-36H,1-2H3. The highest BCUT2D eigenvalue weighted by molar-refractivity contribution is 6.06. The van der Waals surface area contributed by atoms with Crippen molar-refractivity contribution in [3.05, 3.63) is 217 Å². The van der Waals surface area contributed by atoms with Crippen molar-refractivity contribution in [2.24, 2.45) is 0 Å². The molecule has 0 spiro atoms. The Morgan fingerprint density at radius 2 is 0.818 bits per heavy atom. The van der Waals surface area contributed by atoms with E-state index in [1.807, 2.05) is 0 Å².